The third kappa shape index (κ3) is 24.9. The average molecular weight is 829 g/mol. The van der Waals surface area contributed by atoms with E-state index in [1.807, 2.05) is 88.2 Å². The van der Waals surface area contributed by atoms with E-state index >= 15 is 0 Å². The molecule has 11 N–H and O–H groups in total. The molecule has 0 aromatic heterocycles. The van der Waals surface area contributed by atoms with Crippen LogP contribution in [0.1, 0.15) is 129 Å². The van der Waals surface area contributed by atoms with Gasteiger partial charge in [0.05, 0.1) is 30.2 Å². The minimum atomic E-state index is -0.256. The molecular weight excluding hydrogens is 737 g/mol. The molecule has 0 aliphatic carbocycles. The maximum atomic E-state index is 11.2. The van der Waals surface area contributed by atoms with E-state index in [0.29, 0.717) is 17.8 Å². The molecule has 2 fully saturated rings. The van der Waals surface area contributed by atoms with E-state index < -0.39 is 0 Å². The molecule has 2 aliphatic rings. The molecule has 0 bridgehead atoms. The molecule has 0 spiro atoms. The lowest BCUT2D eigenvalue weighted by Gasteiger charge is -2.34. The Balaban J connectivity index is -0.000000654. The van der Waals surface area contributed by atoms with Crippen LogP contribution in [0.4, 0.5) is 0 Å². The number of nitrogens with two attached hydrogens (primary N) is 5. The summed E-state index contributed by atoms with van der Waals surface area (Å²) in [4.78, 5) is 63.3. The number of nitrogens with one attached hydrogen (secondary N) is 1. The topological polar surface area (TPSA) is 240 Å². The number of rotatable bonds is 19. The first-order valence-corrected chi connectivity index (χ1v) is 21.9. The third-order valence-corrected chi connectivity index (χ3v) is 10.4. The summed E-state index contributed by atoms with van der Waals surface area (Å²) in [7, 11) is 3.71. The molecule has 0 aromatic carbocycles. The van der Waals surface area contributed by atoms with Crippen LogP contribution in [0.3, 0.4) is 0 Å². The monoisotopic (exact) mass is 829 g/mol. The molecule has 15 heteroatoms. The van der Waals surface area contributed by atoms with E-state index in [9.17, 15) is 24.0 Å². The summed E-state index contributed by atoms with van der Waals surface area (Å²) in [6.45, 7) is 33.1. The predicted octanol–water partition coefficient (Wildman–Crippen LogP) is 2.97. The zero-order valence-electron chi connectivity index (χ0n) is 39.7. The number of hydrogen-bond donors (Lipinski definition) is 6. The number of carbonyl (C=O) groups is 5. The molecule has 0 saturated carbocycles. The first-order chi connectivity index (χ1) is 26.8. The lowest BCUT2D eigenvalue weighted by Crippen LogP contribution is -2.49. The van der Waals surface area contributed by atoms with E-state index in [1.54, 1.807) is 0 Å². The Labute approximate surface area is 354 Å². The molecule has 5 unspecified atom stereocenters. The van der Waals surface area contributed by atoms with Crippen molar-refractivity contribution in [3.05, 3.63) is 0 Å². The molecule has 344 valence electrons. The van der Waals surface area contributed by atoms with Crippen LogP contribution in [-0.4, -0.2) is 139 Å². The lowest BCUT2D eigenvalue weighted by molar-refractivity contribution is -0.125. The van der Waals surface area contributed by atoms with Crippen LogP contribution in [0.2, 0.25) is 0 Å². The number of likely N-dealkylation sites (tertiary alicyclic amines) is 2. The summed E-state index contributed by atoms with van der Waals surface area (Å²) in [6, 6.07) is -0.525. The number of piperidine rings is 1. The molecule has 2 rings (SSSR count). The van der Waals surface area contributed by atoms with Crippen molar-refractivity contribution in [2.24, 2.45) is 58.3 Å². The van der Waals surface area contributed by atoms with Crippen LogP contribution in [0.25, 0.3) is 0 Å². The van der Waals surface area contributed by atoms with E-state index in [-0.39, 0.29) is 71.6 Å². The maximum absolute atomic E-state index is 11.2. The summed E-state index contributed by atoms with van der Waals surface area (Å²) in [5.74, 6) is 0.455. The maximum Gasteiger partial charge on any atom is 0.235 e. The first-order valence-electron chi connectivity index (χ1n) is 21.9. The van der Waals surface area contributed by atoms with Gasteiger partial charge in [0, 0.05) is 0 Å². The van der Waals surface area contributed by atoms with Crippen LogP contribution in [0.15, 0.2) is 0 Å². The highest BCUT2D eigenvalue weighted by Crippen LogP contribution is 2.18. The molecular formula is C43H92N10O5. The van der Waals surface area contributed by atoms with Crippen LogP contribution < -0.4 is 34.0 Å². The molecule has 0 radical (unpaired) electrons. The second-order valence-electron chi connectivity index (χ2n) is 17.5. The van der Waals surface area contributed by atoms with Gasteiger partial charge in [-0.05, 0) is 122 Å². The summed E-state index contributed by atoms with van der Waals surface area (Å²) < 4.78 is 0. The standard InChI is InChI=1S/C10H20N2O.C9H18N2O.C9H20N2O.C8H18N2O.C7H16N2O/c1-8(2)9(10(11)13)12-6-4-3-5-7-12;1-7(2)8(9(10)12)11-5-3-4-6-11;1-5-11(6-2)8(7(3)4)9(10)12;1-4-5-10-7(6(2)3)8(9)11;1-5(2)6(7(8)10)9(3)4/h8-9H,3-7H2,1-2H3,(H2,11,13);7-8H,3-6H2,1-2H3,(H2,10,12);7-8H,5-6H2,1-4H3,(H2,10,12);6-7,10H,4-5H2,1-3H3,(H2,9,11);5-6H,1-4H3,(H2,8,10). The zero-order chi connectivity index (χ0) is 45.9. The van der Waals surface area contributed by atoms with Crippen molar-refractivity contribution in [1.82, 2.24) is 24.9 Å². The van der Waals surface area contributed by atoms with Gasteiger partial charge in [-0.25, -0.2) is 0 Å². The smallest absolute Gasteiger partial charge is 0.235 e. The second-order valence-corrected chi connectivity index (χ2v) is 17.5. The average Bonchev–Trinajstić information content (AvgIpc) is 3.61. The van der Waals surface area contributed by atoms with Gasteiger partial charge in [-0.1, -0.05) is 96.4 Å². The van der Waals surface area contributed by atoms with Crippen molar-refractivity contribution in [1.29, 1.82) is 0 Å². The highest BCUT2D eigenvalue weighted by atomic mass is 16.2. The van der Waals surface area contributed by atoms with Gasteiger partial charge in [0.1, 0.15) is 0 Å². The van der Waals surface area contributed by atoms with E-state index in [1.165, 1.54) is 32.1 Å². The van der Waals surface area contributed by atoms with Gasteiger partial charge >= 0.3 is 0 Å². The fraction of sp³-hybridized carbons (Fsp3) is 0.884. The summed E-state index contributed by atoms with van der Waals surface area (Å²) >= 11 is 0. The van der Waals surface area contributed by atoms with Gasteiger partial charge in [-0.2, -0.15) is 0 Å². The Hall–Kier alpha value is -2.85. The molecule has 5 amide bonds. The van der Waals surface area contributed by atoms with Gasteiger partial charge in [-0.15, -0.1) is 0 Å². The van der Waals surface area contributed by atoms with E-state index in [0.717, 1.165) is 52.2 Å². The molecule has 2 aliphatic heterocycles. The number of primary amides is 5. The number of likely N-dealkylation sites (N-methyl/N-ethyl adjacent to an activating group) is 2. The van der Waals surface area contributed by atoms with E-state index in [4.69, 9.17) is 28.7 Å². The molecule has 0 aromatic rings. The quantitative estimate of drug-likeness (QED) is 0.111. The third-order valence-electron chi connectivity index (χ3n) is 10.4. The Morgan fingerprint density at radius 2 is 0.845 bits per heavy atom. The lowest BCUT2D eigenvalue weighted by atomic mass is 9.99. The second kappa shape index (κ2) is 32.9. The van der Waals surface area contributed by atoms with Crippen molar-refractivity contribution in [3.63, 3.8) is 0 Å². The highest BCUT2D eigenvalue weighted by Gasteiger charge is 2.29. The van der Waals surface area contributed by atoms with Crippen molar-refractivity contribution in [2.45, 2.75) is 159 Å². The molecule has 15 nitrogen and oxygen atoms in total. The fourth-order valence-corrected chi connectivity index (χ4v) is 7.77. The number of nitrogens with zero attached hydrogens (tertiary/aromatic N) is 4. The Kier molecular flexibility index (Phi) is 33.8. The Bertz CT molecular complexity index is 1090. The Morgan fingerprint density at radius 3 is 1.02 bits per heavy atom. The van der Waals surface area contributed by atoms with Gasteiger partial charge < -0.3 is 34.0 Å². The number of carbonyl (C=O) groups excluding carboxylic acids is 5. The number of hydrogen-bond acceptors (Lipinski definition) is 10. The highest BCUT2D eigenvalue weighted by molar-refractivity contribution is 5.81. The first kappa shape index (κ1) is 59.5. The van der Waals surface area contributed by atoms with E-state index in [2.05, 4.69) is 40.8 Å². The van der Waals surface area contributed by atoms with Crippen molar-refractivity contribution < 1.29 is 24.0 Å². The van der Waals surface area contributed by atoms with Crippen LogP contribution in [0.5, 0.6) is 0 Å². The van der Waals surface area contributed by atoms with Crippen molar-refractivity contribution in [2.75, 3.05) is 59.9 Å². The van der Waals surface area contributed by atoms with Crippen molar-refractivity contribution in [3.8, 4) is 0 Å². The molecule has 2 heterocycles. The minimum absolute atomic E-state index is 0.0486. The molecule has 5 atom stereocenters. The normalized spacial score (nSPS) is 17.2. The van der Waals surface area contributed by atoms with Crippen LogP contribution >= 0.6 is 0 Å². The van der Waals surface area contributed by atoms with Gasteiger partial charge in [-0.3, -0.25) is 43.6 Å². The zero-order valence-corrected chi connectivity index (χ0v) is 39.7. The molecule has 2 saturated heterocycles. The fourth-order valence-electron chi connectivity index (χ4n) is 7.77. The predicted molar refractivity (Wildman–Crippen MR) is 240 cm³/mol. The minimum Gasteiger partial charge on any atom is -0.368 e. The summed E-state index contributed by atoms with van der Waals surface area (Å²) in [6.07, 6.45) is 7.14. The van der Waals surface area contributed by atoms with Gasteiger partial charge in [0.2, 0.25) is 29.5 Å². The summed E-state index contributed by atoms with van der Waals surface area (Å²) in [5.41, 5.74) is 26.4. The van der Waals surface area contributed by atoms with Crippen molar-refractivity contribution >= 4 is 29.5 Å². The van der Waals surface area contributed by atoms with Gasteiger partial charge in [0.25, 0.3) is 0 Å². The number of amides is 5. The Morgan fingerprint density at radius 1 is 0.500 bits per heavy atom. The molecule has 58 heavy (non-hydrogen) atoms. The van der Waals surface area contributed by atoms with Crippen LogP contribution in [0, 0.1) is 29.6 Å². The largest absolute Gasteiger partial charge is 0.368 e. The van der Waals surface area contributed by atoms with Gasteiger partial charge in [0.15, 0.2) is 0 Å². The SMILES string of the molecule is CC(C)C(C(N)=O)N(C)C.CC(C)C(C(N)=O)N1CCCC1.CC(C)C(C(N)=O)N1CCCCC1.CCCNC(C(N)=O)C(C)C.CCN(CC)C(C(N)=O)C(C)C. The summed E-state index contributed by atoms with van der Waals surface area (Å²) in [5, 5.41) is 3.09. The van der Waals surface area contributed by atoms with Crippen LogP contribution in [-0.2, 0) is 24.0 Å².